The van der Waals surface area contributed by atoms with Gasteiger partial charge in [0.1, 0.15) is 6.54 Å². The van der Waals surface area contributed by atoms with Gasteiger partial charge in [-0.25, -0.2) is 0 Å². The first-order chi connectivity index (χ1) is 6.75. The van der Waals surface area contributed by atoms with Crippen molar-refractivity contribution < 1.29 is 9.90 Å². The van der Waals surface area contributed by atoms with Crippen molar-refractivity contribution >= 4 is 5.91 Å². The van der Waals surface area contributed by atoms with Crippen molar-refractivity contribution in [2.45, 2.75) is 6.23 Å². The molecule has 1 aliphatic rings. The molecule has 4 heteroatoms. The summed E-state index contributed by atoms with van der Waals surface area (Å²) in [4.78, 5) is 12.8. The van der Waals surface area contributed by atoms with Gasteiger partial charge in [0.15, 0.2) is 6.23 Å². The van der Waals surface area contributed by atoms with Crippen LogP contribution in [-0.4, -0.2) is 22.5 Å². The molecule has 1 amide bonds. The fourth-order valence-corrected chi connectivity index (χ4v) is 1.59. The highest BCUT2D eigenvalue weighted by atomic mass is 16.3. The van der Waals surface area contributed by atoms with Crippen LogP contribution in [0.15, 0.2) is 24.3 Å². The van der Waals surface area contributed by atoms with Crippen LogP contribution in [0.25, 0.3) is 0 Å². The zero-order valence-corrected chi connectivity index (χ0v) is 7.34. The Morgan fingerprint density at radius 3 is 2.86 bits per heavy atom. The van der Waals surface area contributed by atoms with Gasteiger partial charge in [-0.3, -0.25) is 9.69 Å². The lowest BCUT2D eigenvalue weighted by molar-refractivity contribution is 0.0239. The Labute approximate surface area is 81.0 Å². The van der Waals surface area contributed by atoms with Crippen molar-refractivity contribution in [3.63, 3.8) is 0 Å². The van der Waals surface area contributed by atoms with Gasteiger partial charge in [-0.15, -0.1) is 0 Å². The summed E-state index contributed by atoms with van der Waals surface area (Å²) in [6, 6.07) is 8.68. The number of rotatable bonds is 1. The third-order valence-electron chi connectivity index (χ3n) is 2.27. The Hall–Kier alpha value is -1.86. The number of aliphatic hydroxyl groups excluding tert-OH is 1. The van der Waals surface area contributed by atoms with E-state index >= 15 is 0 Å². The highest BCUT2D eigenvalue weighted by Crippen LogP contribution is 2.30. The van der Waals surface area contributed by atoms with E-state index in [4.69, 9.17) is 5.26 Å². The fraction of sp³-hybridized carbons (Fsp3) is 0.200. The normalized spacial score (nSPS) is 19.3. The van der Waals surface area contributed by atoms with Gasteiger partial charge in [-0.2, -0.15) is 5.26 Å². The Bertz CT molecular complexity index is 422. The summed E-state index contributed by atoms with van der Waals surface area (Å²) >= 11 is 0. The smallest absolute Gasteiger partial charge is 0.257 e. The average Bonchev–Trinajstić information content (AvgIpc) is 2.45. The Morgan fingerprint density at radius 2 is 2.21 bits per heavy atom. The van der Waals surface area contributed by atoms with Crippen LogP contribution in [0.3, 0.4) is 0 Å². The van der Waals surface area contributed by atoms with Gasteiger partial charge in [-0.1, -0.05) is 18.2 Å². The molecule has 70 valence electrons. The zero-order chi connectivity index (χ0) is 10.1. The lowest BCUT2D eigenvalue weighted by Gasteiger charge is -2.16. The van der Waals surface area contributed by atoms with Crippen LogP contribution in [0.2, 0.25) is 0 Å². The molecule has 2 rings (SSSR count). The predicted molar refractivity (Wildman–Crippen MR) is 48.1 cm³/mol. The molecule has 0 saturated carbocycles. The van der Waals surface area contributed by atoms with E-state index in [0.29, 0.717) is 11.1 Å². The zero-order valence-electron chi connectivity index (χ0n) is 7.34. The third kappa shape index (κ3) is 1.07. The molecule has 0 fully saturated rings. The standard InChI is InChI=1S/C10H8N2O2/c11-5-6-12-9(13)7-3-1-2-4-8(7)10(12)14/h1-4,9,13H,6H2. The first kappa shape index (κ1) is 8.73. The molecule has 0 spiro atoms. The minimum atomic E-state index is -0.974. The summed E-state index contributed by atoms with van der Waals surface area (Å²) in [6.45, 7) is -0.0886. The first-order valence-corrected chi connectivity index (χ1v) is 4.20. The second-order valence-electron chi connectivity index (χ2n) is 3.05. The lowest BCUT2D eigenvalue weighted by Crippen LogP contribution is -2.28. The molecule has 4 nitrogen and oxygen atoms in total. The van der Waals surface area contributed by atoms with Crippen LogP contribution >= 0.6 is 0 Å². The Kier molecular flexibility index (Phi) is 1.95. The van der Waals surface area contributed by atoms with Gasteiger partial charge >= 0.3 is 0 Å². The van der Waals surface area contributed by atoms with Crippen LogP contribution in [0.1, 0.15) is 22.1 Å². The van der Waals surface area contributed by atoms with Gasteiger partial charge in [-0.05, 0) is 6.07 Å². The van der Waals surface area contributed by atoms with E-state index in [1.54, 1.807) is 24.3 Å². The van der Waals surface area contributed by atoms with Crippen molar-refractivity contribution in [2.24, 2.45) is 0 Å². The maximum atomic E-state index is 11.6. The van der Waals surface area contributed by atoms with Crippen molar-refractivity contribution in [3.05, 3.63) is 35.4 Å². The number of hydrogen-bond donors (Lipinski definition) is 1. The molecule has 1 aromatic rings. The maximum absolute atomic E-state index is 11.6. The van der Waals surface area contributed by atoms with Crippen molar-refractivity contribution in [1.82, 2.24) is 4.90 Å². The number of benzene rings is 1. The highest BCUT2D eigenvalue weighted by molar-refractivity contribution is 5.99. The first-order valence-electron chi connectivity index (χ1n) is 4.20. The number of nitrogens with zero attached hydrogens (tertiary/aromatic N) is 2. The number of amides is 1. The SMILES string of the molecule is N#CCN1C(=O)c2ccccc2C1O. The van der Waals surface area contributed by atoms with Crippen LogP contribution in [0.5, 0.6) is 0 Å². The van der Waals surface area contributed by atoms with E-state index in [1.807, 2.05) is 6.07 Å². The molecule has 0 saturated heterocycles. The largest absolute Gasteiger partial charge is 0.369 e. The molecule has 0 radical (unpaired) electrons. The van der Waals surface area contributed by atoms with Crippen LogP contribution in [0, 0.1) is 11.3 Å². The summed E-state index contributed by atoms with van der Waals surface area (Å²) in [5.74, 6) is -0.283. The van der Waals surface area contributed by atoms with Gasteiger partial charge in [0, 0.05) is 11.1 Å². The molecular formula is C10H8N2O2. The van der Waals surface area contributed by atoms with Gasteiger partial charge in [0.05, 0.1) is 6.07 Å². The van der Waals surface area contributed by atoms with E-state index in [-0.39, 0.29) is 12.5 Å². The highest BCUT2D eigenvalue weighted by Gasteiger charge is 2.34. The Morgan fingerprint density at radius 1 is 1.50 bits per heavy atom. The maximum Gasteiger partial charge on any atom is 0.257 e. The minimum absolute atomic E-state index is 0.0886. The van der Waals surface area contributed by atoms with Crippen LogP contribution in [0.4, 0.5) is 0 Å². The summed E-state index contributed by atoms with van der Waals surface area (Å²) in [7, 11) is 0. The average molecular weight is 188 g/mol. The number of nitriles is 1. The predicted octanol–water partition coefficient (Wildman–Crippen LogP) is 0.657. The molecule has 1 aliphatic heterocycles. The molecule has 1 atom stereocenters. The molecule has 1 aromatic carbocycles. The quantitative estimate of drug-likeness (QED) is 0.658. The summed E-state index contributed by atoms with van der Waals surface area (Å²) < 4.78 is 0. The van der Waals surface area contributed by atoms with Crippen molar-refractivity contribution in [3.8, 4) is 6.07 Å². The number of fused-ring (bicyclic) bond motifs is 1. The second-order valence-corrected chi connectivity index (χ2v) is 3.05. The third-order valence-corrected chi connectivity index (χ3v) is 2.27. The van der Waals surface area contributed by atoms with Crippen molar-refractivity contribution in [1.29, 1.82) is 5.26 Å². The van der Waals surface area contributed by atoms with Crippen LogP contribution in [-0.2, 0) is 0 Å². The molecule has 14 heavy (non-hydrogen) atoms. The minimum Gasteiger partial charge on any atom is -0.369 e. The molecule has 1 N–H and O–H groups in total. The van der Waals surface area contributed by atoms with E-state index in [2.05, 4.69) is 0 Å². The van der Waals surface area contributed by atoms with Gasteiger partial charge < -0.3 is 5.11 Å². The van der Waals surface area contributed by atoms with E-state index in [9.17, 15) is 9.90 Å². The van der Waals surface area contributed by atoms with Crippen molar-refractivity contribution in [2.75, 3.05) is 6.54 Å². The summed E-state index contributed by atoms with van der Waals surface area (Å²) in [5, 5.41) is 18.2. The van der Waals surface area contributed by atoms with E-state index in [0.717, 1.165) is 4.90 Å². The van der Waals surface area contributed by atoms with E-state index < -0.39 is 6.23 Å². The molecule has 0 aromatic heterocycles. The number of carbonyl (C=O) groups is 1. The molecule has 1 unspecified atom stereocenters. The monoisotopic (exact) mass is 188 g/mol. The van der Waals surface area contributed by atoms with Gasteiger partial charge in [0.2, 0.25) is 0 Å². The number of hydrogen-bond acceptors (Lipinski definition) is 3. The van der Waals surface area contributed by atoms with E-state index in [1.165, 1.54) is 0 Å². The molecule has 0 bridgehead atoms. The fourth-order valence-electron chi connectivity index (χ4n) is 1.59. The van der Waals surface area contributed by atoms with Gasteiger partial charge in [0.25, 0.3) is 5.91 Å². The lowest BCUT2D eigenvalue weighted by atomic mass is 10.1. The molecular weight excluding hydrogens is 180 g/mol. The summed E-state index contributed by atoms with van der Waals surface area (Å²) in [6.07, 6.45) is -0.974. The Balaban J connectivity index is 2.44. The molecule has 0 aliphatic carbocycles. The number of carbonyl (C=O) groups excluding carboxylic acids is 1. The topological polar surface area (TPSA) is 64.3 Å². The molecule has 1 heterocycles. The second kappa shape index (κ2) is 3.13. The van der Waals surface area contributed by atoms with Crippen LogP contribution < -0.4 is 0 Å². The summed E-state index contributed by atoms with van der Waals surface area (Å²) in [5.41, 5.74) is 1.06. The number of aliphatic hydroxyl groups is 1.